The molecule has 0 aliphatic heterocycles. The number of benzene rings is 1. The van der Waals surface area contributed by atoms with Crippen molar-refractivity contribution >= 4 is 11.6 Å². The molecule has 0 aliphatic carbocycles. The number of carbonyl (C=O) groups excluding carboxylic acids is 1. The van der Waals surface area contributed by atoms with Crippen LogP contribution < -0.4 is 10.5 Å². The number of rotatable bonds is 4. The molecule has 1 aromatic rings. The van der Waals surface area contributed by atoms with Gasteiger partial charge in [0.2, 0.25) is 0 Å². The summed E-state index contributed by atoms with van der Waals surface area (Å²) < 4.78 is 65.8. The Morgan fingerprint density at radius 1 is 1.24 bits per heavy atom. The van der Waals surface area contributed by atoms with Crippen LogP contribution in [0, 0.1) is 0 Å². The van der Waals surface area contributed by atoms with Crippen LogP contribution in [-0.2, 0) is 0 Å². The van der Waals surface area contributed by atoms with E-state index in [1.165, 1.54) is 25.1 Å². The molecule has 0 spiro atoms. The Labute approximate surface area is 117 Å². The molecule has 0 aliphatic rings. The lowest BCUT2D eigenvalue weighted by molar-refractivity contribution is -0.289. The Kier molecular flexibility index (Phi) is 4.65. The highest BCUT2D eigenvalue weighted by molar-refractivity contribution is 5.95. The Bertz CT molecular complexity index is 529. The molecule has 0 saturated heterocycles. The van der Waals surface area contributed by atoms with Gasteiger partial charge in [-0.2, -0.15) is 22.0 Å². The molecule has 1 rings (SSSR count). The fraction of sp³-hybridized carbons (Fsp3) is 0.417. The van der Waals surface area contributed by atoms with E-state index >= 15 is 0 Å². The van der Waals surface area contributed by atoms with Crippen LogP contribution in [0.3, 0.4) is 0 Å². The molecule has 0 unspecified atom stereocenters. The van der Waals surface area contributed by atoms with Crippen LogP contribution in [0.2, 0.25) is 0 Å². The number of nitrogen functional groups attached to an aromatic ring is 1. The lowest BCUT2D eigenvalue weighted by Crippen LogP contribution is -2.41. The molecule has 0 fully saturated rings. The zero-order valence-corrected chi connectivity index (χ0v) is 11.2. The maximum Gasteiger partial charge on any atom is 0.456 e. The van der Waals surface area contributed by atoms with Gasteiger partial charge in [0, 0.05) is 19.7 Å². The summed E-state index contributed by atoms with van der Waals surface area (Å²) >= 11 is 0. The third-order valence-electron chi connectivity index (χ3n) is 2.49. The van der Waals surface area contributed by atoms with Gasteiger partial charge in [0.1, 0.15) is 5.75 Å². The fourth-order valence-corrected chi connectivity index (χ4v) is 1.32. The maximum atomic E-state index is 12.7. The van der Waals surface area contributed by atoms with E-state index < -0.39 is 24.6 Å². The molecule has 1 amide bonds. The first-order valence-corrected chi connectivity index (χ1v) is 5.64. The average molecular weight is 312 g/mol. The van der Waals surface area contributed by atoms with E-state index in [1.807, 2.05) is 0 Å². The van der Waals surface area contributed by atoms with E-state index in [1.54, 1.807) is 0 Å². The number of ether oxygens (including phenoxy) is 1. The van der Waals surface area contributed by atoms with E-state index in [2.05, 4.69) is 4.74 Å². The van der Waals surface area contributed by atoms with Crippen molar-refractivity contribution < 1.29 is 31.5 Å². The van der Waals surface area contributed by atoms with Crippen molar-refractivity contribution in [3.63, 3.8) is 0 Å². The van der Waals surface area contributed by atoms with Gasteiger partial charge >= 0.3 is 12.1 Å². The number of anilines is 1. The summed E-state index contributed by atoms with van der Waals surface area (Å²) in [4.78, 5) is 12.9. The SMILES string of the molecule is CN(C)C(=O)c1ccc(OCC(F)(F)C(F)(F)F)c(N)c1. The van der Waals surface area contributed by atoms with Crippen molar-refractivity contribution in [3.05, 3.63) is 23.8 Å². The largest absolute Gasteiger partial charge is 0.485 e. The Balaban J connectivity index is 2.86. The van der Waals surface area contributed by atoms with Gasteiger partial charge in [0.25, 0.3) is 5.91 Å². The number of nitrogens with zero attached hydrogens (tertiary/aromatic N) is 1. The van der Waals surface area contributed by atoms with Crippen molar-refractivity contribution in [2.75, 3.05) is 26.4 Å². The lowest BCUT2D eigenvalue weighted by Gasteiger charge is -2.20. The second-order valence-electron chi connectivity index (χ2n) is 4.44. The zero-order valence-electron chi connectivity index (χ0n) is 11.2. The minimum atomic E-state index is -5.71. The topological polar surface area (TPSA) is 55.6 Å². The van der Waals surface area contributed by atoms with Gasteiger partial charge in [0.15, 0.2) is 6.61 Å². The monoisotopic (exact) mass is 312 g/mol. The normalized spacial score (nSPS) is 12.1. The second kappa shape index (κ2) is 5.74. The van der Waals surface area contributed by atoms with Crippen molar-refractivity contribution in [1.29, 1.82) is 0 Å². The van der Waals surface area contributed by atoms with E-state index in [0.717, 1.165) is 12.1 Å². The van der Waals surface area contributed by atoms with Crippen LogP contribution in [0.4, 0.5) is 27.6 Å². The third-order valence-corrected chi connectivity index (χ3v) is 2.49. The van der Waals surface area contributed by atoms with Gasteiger partial charge in [-0.25, -0.2) is 0 Å². The van der Waals surface area contributed by atoms with Crippen LogP contribution >= 0.6 is 0 Å². The first kappa shape index (κ1) is 17.0. The van der Waals surface area contributed by atoms with Gasteiger partial charge < -0.3 is 15.4 Å². The van der Waals surface area contributed by atoms with E-state index in [9.17, 15) is 26.7 Å². The number of nitrogens with two attached hydrogens (primary N) is 1. The summed E-state index contributed by atoms with van der Waals surface area (Å²) in [6, 6.07) is 3.43. The molecule has 0 atom stereocenters. The second-order valence-corrected chi connectivity index (χ2v) is 4.44. The summed E-state index contributed by atoms with van der Waals surface area (Å²) in [5.74, 6) is -5.74. The summed E-state index contributed by atoms with van der Waals surface area (Å²) in [6.45, 7) is -1.89. The number of carbonyl (C=O) groups is 1. The molecule has 2 N–H and O–H groups in total. The van der Waals surface area contributed by atoms with Crippen molar-refractivity contribution in [2.24, 2.45) is 0 Å². The smallest absolute Gasteiger partial charge is 0.456 e. The number of alkyl halides is 5. The van der Waals surface area contributed by atoms with Crippen molar-refractivity contribution in [3.8, 4) is 5.75 Å². The summed E-state index contributed by atoms with van der Waals surface area (Å²) in [7, 11) is 2.99. The van der Waals surface area contributed by atoms with Gasteiger partial charge in [-0.3, -0.25) is 4.79 Å². The first-order chi connectivity index (χ1) is 9.45. The van der Waals surface area contributed by atoms with Crippen LogP contribution in [0.25, 0.3) is 0 Å². The molecule has 21 heavy (non-hydrogen) atoms. The Hall–Kier alpha value is -2.06. The molecule has 0 saturated carbocycles. The Morgan fingerprint density at radius 2 is 1.81 bits per heavy atom. The minimum absolute atomic E-state index is 0.160. The lowest BCUT2D eigenvalue weighted by atomic mass is 10.1. The standard InChI is InChI=1S/C12H13F5N2O2/c1-19(2)10(20)7-3-4-9(8(18)5-7)21-6-11(13,14)12(15,16)17/h3-5H,6,18H2,1-2H3. The van der Waals surface area contributed by atoms with Crippen LogP contribution in [0.5, 0.6) is 5.75 Å². The maximum absolute atomic E-state index is 12.7. The predicted octanol–water partition coefficient (Wildman–Crippen LogP) is 2.55. The molecule has 0 radical (unpaired) electrons. The molecule has 0 aromatic heterocycles. The van der Waals surface area contributed by atoms with E-state index in [0.29, 0.717) is 0 Å². The molecule has 0 bridgehead atoms. The minimum Gasteiger partial charge on any atom is -0.485 e. The number of halogens is 5. The van der Waals surface area contributed by atoms with Gasteiger partial charge in [-0.05, 0) is 18.2 Å². The van der Waals surface area contributed by atoms with Gasteiger partial charge in [-0.1, -0.05) is 0 Å². The third kappa shape index (κ3) is 3.96. The highest BCUT2D eigenvalue weighted by atomic mass is 19.4. The zero-order chi connectivity index (χ0) is 16.4. The number of hydrogen-bond acceptors (Lipinski definition) is 3. The molecule has 1 aromatic carbocycles. The molecule has 0 heterocycles. The first-order valence-electron chi connectivity index (χ1n) is 5.64. The quantitative estimate of drug-likeness (QED) is 0.686. The highest BCUT2D eigenvalue weighted by Crippen LogP contribution is 2.36. The summed E-state index contributed by atoms with van der Waals surface area (Å²) in [6.07, 6.45) is -5.71. The van der Waals surface area contributed by atoms with E-state index in [-0.39, 0.29) is 17.0 Å². The van der Waals surface area contributed by atoms with Gasteiger partial charge in [-0.15, -0.1) is 0 Å². The van der Waals surface area contributed by atoms with E-state index in [4.69, 9.17) is 5.73 Å². The van der Waals surface area contributed by atoms with Crippen LogP contribution in [0.15, 0.2) is 18.2 Å². The fourth-order valence-electron chi connectivity index (χ4n) is 1.32. The van der Waals surface area contributed by atoms with Crippen LogP contribution in [0.1, 0.15) is 10.4 Å². The number of amides is 1. The average Bonchev–Trinajstić information content (AvgIpc) is 2.34. The molecule has 118 valence electrons. The molecule has 4 nitrogen and oxygen atoms in total. The molecular formula is C12H13F5N2O2. The molecule has 9 heteroatoms. The van der Waals surface area contributed by atoms with Gasteiger partial charge in [0.05, 0.1) is 5.69 Å². The Morgan fingerprint density at radius 3 is 2.24 bits per heavy atom. The summed E-state index contributed by atoms with van der Waals surface area (Å²) in [5, 5.41) is 0. The van der Waals surface area contributed by atoms with Crippen molar-refractivity contribution in [2.45, 2.75) is 12.1 Å². The van der Waals surface area contributed by atoms with Crippen molar-refractivity contribution in [1.82, 2.24) is 4.90 Å². The van der Waals surface area contributed by atoms with Crippen LogP contribution in [-0.4, -0.2) is 43.6 Å². The predicted molar refractivity (Wildman–Crippen MR) is 65.4 cm³/mol. The summed E-state index contributed by atoms with van der Waals surface area (Å²) in [5.41, 5.74) is 5.43. The number of hydrogen-bond donors (Lipinski definition) is 1. The highest BCUT2D eigenvalue weighted by Gasteiger charge is 2.58. The molecular weight excluding hydrogens is 299 g/mol.